The van der Waals surface area contributed by atoms with Crippen molar-refractivity contribution in [2.24, 2.45) is 11.8 Å². The molecule has 17 nitrogen and oxygen atoms in total. The molecule has 0 aliphatic rings. The molecule has 0 aliphatic heterocycles. The zero-order chi connectivity index (χ0) is 62.9. The van der Waals surface area contributed by atoms with Gasteiger partial charge in [0.15, 0.2) is 12.2 Å². The quantitative estimate of drug-likeness (QED) is 0.0222. The van der Waals surface area contributed by atoms with E-state index < -0.39 is 97.5 Å². The van der Waals surface area contributed by atoms with Crippen LogP contribution in [0.25, 0.3) is 0 Å². The number of carbonyl (C=O) groups is 4. The van der Waals surface area contributed by atoms with E-state index in [1.54, 1.807) is 0 Å². The molecule has 0 radical (unpaired) electrons. The van der Waals surface area contributed by atoms with Crippen molar-refractivity contribution in [1.29, 1.82) is 0 Å². The number of esters is 4. The van der Waals surface area contributed by atoms with Crippen LogP contribution in [-0.4, -0.2) is 96.7 Å². The minimum absolute atomic E-state index is 0.105. The number of phosphoric acid groups is 2. The zero-order valence-corrected chi connectivity index (χ0v) is 56.7. The fourth-order valence-corrected chi connectivity index (χ4v) is 11.4. The van der Waals surface area contributed by atoms with Gasteiger partial charge in [0.05, 0.1) is 26.4 Å². The Bertz CT molecular complexity index is 1670. The molecule has 85 heavy (non-hydrogen) atoms. The van der Waals surface area contributed by atoms with Crippen LogP contribution in [0.4, 0.5) is 0 Å². The molecule has 0 spiro atoms. The molecule has 0 saturated carbocycles. The summed E-state index contributed by atoms with van der Waals surface area (Å²) in [6.45, 7) is 9.45. The van der Waals surface area contributed by atoms with Crippen molar-refractivity contribution >= 4 is 39.5 Å². The van der Waals surface area contributed by atoms with Crippen molar-refractivity contribution in [1.82, 2.24) is 0 Å². The predicted molar refractivity (Wildman–Crippen MR) is 340 cm³/mol. The number of hydrogen-bond donors (Lipinski definition) is 3. The topological polar surface area (TPSA) is 237 Å². The maximum absolute atomic E-state index is 13.0. The van der Waals surface area contributed by atoms with Gasteiger partial charge in [0.1, 0.15) is 19.3 Å². The number of phosphoric ester groups is 2. The normalized spacial score (nSPS) is 14.6. The van der Waals surface area contributed by atoms with Crippen LogP contribution in [0.1, 0.15) is 330 Å². The van der Waals surface area contributed by atoms with Gasteiger partial charge in [-0.1, -0.05) is 279 Å². The average Bonchev–Trinajstić information content (AvgIpc) is 3.48. The van der Waals surface area contributed by atoms with Gasteiger partial charge in [-0.15, -0.1) is 0 Å². The number of ether oxygens (including phenoxy) is 4. The smallest absolute Gasteiger partial charge is 0.462 e. The van der Waals surface area contributed by atoms with Crippen molar-refractivity contribution in [2.45, 2.75) is 349 Å². The lowest BCUT2D eigenvalue weighted by atomic mass is 9.99. The van der Waals surface area contributed by atoms with Gasteiger partial charge < -0.3 is 33.8 Å². The number of aliphatic hydroxyl groups excluding tert-OH is 1. The molecule has 3 N–H and O–H groups in total. The molecule has 0 saturated heterocycles. The number of aliphatic hydroxyl groups is 1. The van der Waals surface area contributed by atoms with E-state index >= 15 is 0 Å². The fraction of sp³-hybridized carbons (Fsp3) is 0.939. The summed E-state index contributed by atoms with van der Waals surface area (Å²) in [5, 5.41) is 10.5. The van der Waals surface area contributed by atoms with E-state index in [2.05, 4.69) is 41.5 Å². The van der Waals surface area contributed by atoms with Gasteiger partial charge in [0.25, 0.3) is 0 Å². The van der Waals surface area contributed by atoms with E-state index in [4.69, 9.17) is 37.0 Å². The van der Waals surface area contributed by atoms with Crippen molar-refractivity contribution in [3.63, 3.8) is 0 Å². The van der Waals surface area contributed by atoms with Gasteiger partial charge in [-0.25, -0.2) is 9.13 Å². The molecule has 0 aromatic rings. The molecular weight excluding hydrogens is 1130 g/mol. The molecule has 6 atom stereocenters. The van der Waals surface area contributed by atoms with Gasteiger partial charge in [0.2, 0.25) is 0 Å². The van der Waals surface area contributed by atoms with Crippen LogP contribution in [-0.2, 0) is 65.4 Å². The zero-order valence-electron chi connectivity index (χ0n) is 54.9. The first-order chi connectivity index (χ1) is 40.9. The Morgan fingerprint density at radius 1 is 0.341 bits per heavy atom. The molecule has 0 aliphatic carbocycles. The van der Waals surface area contributed by atoms with E-state index in [1.165, 1.54) is 141 Å². The van der Waals surface area contributed by atoms with Crippen LogP contribution in [0, 0.1) is 11.8 Å². The Morgan fingerprint density at radius 3 is 0.894 bits per heavy atom. The van der Waals surface area contributed by atoms with Gasteiger partial charge >= 0.3 is 39.5 Å². The third kappa shape index (κ3) is 59.5. The molecule has 504 valence electrons. The fourth-order valence-electron chi connectivity index (χ4n) is 9.85. The molecule has 0 amide bonds. The molecule has 0 aromatic heterocycles. The Balaban J connectivity index is 5.17. The Kier molecular flexibility index (Phi) is 57.1. The van der Waals surface area contributed by atoms with Crippen molar-refractivity contribution < 1.29 is 80.2 Å². The molecule has 0 rings (SSSR count). The molecule has 19 heteroatoms. The standard InChI is InChI=1S/C66H128O17P2/c1-7-10-12-14-16-24-29-36-42-48-63(68)76-54-61(82-65(70)50-44-38-30-25-17-15-13-11-8-2)56-80-84(72,73)78-52-60(67)53-79-85(74,75)81-57-62(55-77-64(69)49-43-37-33-32-34-40-46-58(4)5)83-66(71)51-45-39-31-27-23-21-19-18-20-22-26-28-35-41-47-59(6)9-3/h58-62,67H,7-57H2,1-6H3,(H,72,73)(H,74,75)/t59?,60-,61+,62+/m0/s1. The van der Waals surface area contributed by atoms with E-state index in [0.717, 1.165) is 102 Å². The van der Waals surface area contributed by atoms with E-state index in [0.29, 0.717) is 31.6 Å². The second-order valence-corrected chi connectivity index (χ2v) is 27.5. The van der Waals surface area contributed by atoms with E-state index in [1.807, 2.05) is 0 Å². The monoisotopic (exact) mass is 1250 g/mol. The summed E-state index contributed by atoms with van der Waals surface area (Å²) in [6, 6.07) is 0. The Hall–Kier alpha value is -1.94. The third-order valence-corrected chi connectivity index (χ3v) is 17.5. The van der Waals surface area contributed by atoms with Gasteiger partial charge in [-0.2, -0.15) is 0 Å². The SMILES string of the molecule is CCCCCCCCCCCC(=O)OC[C@H](COP(=O)(O)OC[C@H](O)COP(=O)(O)OC[C@@H](COC(=O)CCCCCCCCC(C)C)OC(=O)CCCCCCCCCCCCCCCCC(C)CC)OC(=O)CCCCCCCCCCC. The summed E-state index contributed by atoms with van der Waals surface area (Å²) in [5.74, 6) is -0.609. The maximum Gasteiger partial charge on any atom is 0.472 e. The first kappa shape index (κ1) is 83.1. The van der Waals surface area contributed by atoms with Crippen LogP contribution in [0.2, 0.25) is 0 Å². The van der Waals surface area contributed by atoms with Crippen molar-refractivity contribution in [3.8, 4) is 0 Å². The van der Waals surface area contributed by atoms with Crippen LogP contribution < -0.4 is 0 Å². The van der Waals surface area contributed by atoms with Gasteiger partial charge in [-0.05, 0) is 37.5 Å². The lowest BCUT2D eigenvalue weighted by Crippen LogP contribution is -2.30. The second-order valence-electron chi connectivity index (χ2n) is 24.6. The predicted octanol–water partition coefficient (Wildman–Crippen LogP) is 18.4. The van der Waals surface area contributed by atoms with Gasteiger partial charge in [-0.3, -0.25) is 37.3 Å². The lowest BCUT2D eigenvalue weighted by molar-refractivity contribution is -0.161. The van der Waals surface area contributed by atoms with Crippen LogP contribution >= 0.6 is 15.6 Å². The highest BCUT2D eigenvalue weighted by Crippen LogP contribution is 2.45. The largest absolute Gasteiger partial charge is 0.472 e. The molecule has 0 bridgehead atoms. The molecule has 3 unspecified atom stereocenters. The minimum atomic E-state index is -4.95. The van der Waals surface area contributed by atoms with Crippen molar-refractivity contribution in [2.75, 3.05) is 39.6 Å². The summed E-state index contributed by atoms with van der Waals surface area (Å²) >= 11 is 0. The number of rotatable bonds is 65. The minimum Gasteiger partial charge on any atom is -0.462 e. The van der Waals surface area contributed by atoms with E-state index in [-0.39, 0.29) is 25.7 Å². The lowest BCUT2D eigenvalue weighted by Gasteiger charge is -2.21. The molecule has 0 fully saturated rings. The van der Waals surface area contributed by atoms with Crippen LogP contribution in [0.3, 0.4) is 0 Å². The first-order valence-electron chi connectivity index (χ1n) is 34.5. The van der Waals surface area contributed by atoms with E-state index in [9.17, 15) is 43.2 Å². The molecule has 0 heterocycles. The Morgan fingerprint density at radius 2 is 0.600 bits per heavy atom. The number of unbranched alkanes of at least 4 members (excludes halogenated alkanes) is 34. The highest BCUT2D eigenvalue weighted by atomic mass is 31.2. The van der Waals surface area contributed by atoms with Crippen LogP contribution in [0.5, 0.6) is 0 Å². The summed E-state index contributed by atoms with van der Waals surface area (Å²) < 4.78 is 68.0. The highest BCUT2D eigenvalue weighted by molar-refractivity contribution is 7.47. The third-order valence-electron chi connectivity index (χ3n) is 15.6. The maximum atomic E-state index is 13.0. The summed E-state index contributed by atoms with van der Waals surface area (Å²) in [7, 11) is -9.89. The van der Waals surface area contributed by atoms with Gasteiger partial charge in [0, 0.05) is 25.7 Å². The highest BCUT2D eigenvalue weighted by Gasteiger charge is 2.30. The molecule has 0 aromatic carbocycles. The molecular formula is C66H128O17P2. The first-order valence-corrected chi connectivity index (χ1v) is 37.5. The summed E-state index contributed by atoms with van der Waals surface area (Å²) in [4.78, 5) is 72.2. The van der Waals surface area contributed by atoms with Crippen LogP contribution in [0.15, 0.2) is 0 Å². The summed E-state index contributed by atoms with van der Waals surface area (Å²) in [5.41, 5.74) is 0. The van der Waals surface area contributed by atoms with Crippen molar-refractivity contribution in [3.05, 3.63) is 0 Å². The number of carbonyl (C=O) groups excluding carboxylic acids is 4. The second kappa shape index (κ2) is 58.4. The average molecular weight is 1260 g/mol. The summed E-state index contributed by atoms with van der Waals surface area (Å²) in [6.07, 6.45) is 41.8. The Labute approximate surface area is 517 Å². The number of hydrogen-bond acceptors (Lipinski definition) is 15.